The van der Waals surface area contributed by atoms with Crippen LogP contribution in [0.5, 0.6) is 0 Å². The van der Waals surface area contributed by atoms with Crippen molar-refractivity contribution < 1.29 is 9.53 Å². The molecule has 2 aliphatic rings. The fraction of sp³-hybridized carbons (Fsp3) is 0.909. The first-order chi connectivity index (χ1) is 7.22. The maximum atomic E-state index is 11.7. The fourth-order valence-electron chi connectivity index (χ4n) is 2.05. The van der Waals surface area contributed by atoms with Crippen LogP contribution in [0.1, 0.15) is 26.2 Å². The summed E-state index contributed by atoms with van der Waals surface area (Å²) < 4.78 is 5.66. The van der Waals surface area contributed by atoms with Gasteiger partial charge in [0.1, 0.15) is 0 Å². The third-order valence-electron chi connectivity index (χ3n) is 3.23. The molecule has 0 bridgehead atoms. The van der Waals surface area contributed by atoms with Crippen molar-refractivity contribution in [2.45, 2.75) is 38.3 Å². The highest BCUT2D eigenvalue weighted by atomic mass is 35.5. The Morgan fingerprint density at radius 2 is 2.27 bits per heavy atom. The molecule has 0 aromatic carbocycles. The Kier molecular flexibility index (Phi) is 3.52. The van der Waals surface area contributed by atoms with Gasteiger partial charge in [-0.2, -0.15) is 0 Å². The summed E-state index contributed by atoms with van der Waals surface area (Å²) >= 11 is 5.65. The maximum absolute atomic E-state index is 11.7. The van der Waals surface area contributed by atoms with E-state index in [0.717, 1.165) is 13.0 Å². The molecule has 0 aromatic rings. The zero-order valence-corrected chi connectivity index (χ0v) is 9.80. The minimum absolute atomic E-state index is 0.0613. The van der Waals surface area contributed by atoms with Crippen molar-refractivity contribution in [2.75, 3.05) is 12.5 Å². The molecule has 1 saturated heterocycles. The maximum Gasteiger partial charge on any atom is 0.224 e. The van der Waals surface area contributed by atoms with Gasteiger partial charge >= 0.3 is 0 Å². The third-order valence-corrected chi connectivity index (χ3v) is 3.69. The number of carbonyl (C=O) groups excluding carboxylic acids is 1. The average Bonchev–Trinajstić information content (AvgIpc) is 2.99. The summed E-state index contributed by atoms with van der Waals surface area (Å²) in [7, 11) is 0. The molecule has 1 aliphatic carbocycles. The average molecular weight is 232 g/mol. The first-order valence-corrected chi connectivity index (χ1v) is 6.23. The van der Waals surface area contributed by atoms with Gasteiger partial charge in [-0.05, 0) is 25.2 Å². The van der Waals surface area contributed by atoms with Crippen molar-refractivity contribution in [3.05, 3.63) is 0 Å². The van der Waals surface area contributed by atoms with Crippen molar-refractivity contribution in [1.29, 1.82) is 0 Å². The van der Waals surface area contributed by atoms with Crippen molar-refractivity contribution >= 4 is 17.5 Å². The van der Waals surface area contributed by atoms with Crippen LogP contribution in [0.25, 0.3) is 0 Å². The molecule has 2 rings (SSSR count). The molecule has 3 atom stereocenters. The zero-order chi connectivity index (χ0) is 10.8. The minimum Gasteiger partial charge on any atom is -0.376 e. The number of alkyl halides is 1. The highest BCUT2D eigenvalue weighted by molar-refractivity contribution is 6.19. The number of carbonyl (C=O) groups is 1. The summed E-state index contributed by atoms with van der Waals surface area (Å²) in [4.78, 5) is 11.7. The van der Waals surface area contributed by atoms with Gasteiger partial charge in [-0.25, -0.2) is 0 Å². The van der Waals surface area contributed by atoms with Crippen molar-refractivity contribution in [3.63, 3.8) is 0 Å². The molecule has 3 unspecified atom stereocenters. The smallest absolute Gasteiger partial charge is 0.224 e. The largest absolute Gasteiger partial charge is 0.376 e. The molecule has 2 fully saturated rings. The summed E-state index contributed by atoms with van der Waals surface area (Å²) in [6, 6.07) is 0.218. The van der Waals surface area contributed by atoms with Crippen LogP contribution >= 0.6 is 11.6 Å². The Bertz CT molecular complexity index is 243. The van der Waals surface area contributed by atoms with E-state index in [1.54, 1.807) is 0 Å². The molecule has 1 N–H and O–H groups in total. The zero-order valence-electron chi connectivity index (χ0n) is 9.04. The van der Waals surface area contributed by atoms with Gasteiger partial charge in [-0.1, -0.05) is 6.92 Å². The van der Waals surface area contributed by atoms with Crippen LogP contribution in [0.3, 0.4) is 0 Å². The van der Waals surface area contributed by atoms with Gasteiger partial charge in [0.25, 0.3) is 0 Å². The van der Waals surface area contributed by atoms with Crippen LogP contribution in [-0.4, -0.2) is 30.5 Å². The van der Waals surface area contributed by atoms with E-state index in [1.165, 1.54) is 12.8 Å². The lowest BCUT2D eigenvalue weighted by Crippen LogP contribution is -2.43. The van der Waals surface area contributed by atoms with E-state index in [9.17, 15) is 4.79 Å². The molecule has 1 saturated carbocycles. The number of hydrogen-bond acceptors (Lipinski definition) is 2. The summed E-state index contributed by atoms with van der Waals surface area (Å²) in [6.45, 7) is 2.63. The molecule has 3 nitrogen and oxygen atoms in total. The van der Waals surface area contributed by atoms with Crippen molar-refractivity contribution in [1.82, 2.24) is 5.32 Å². The molecule has 1 heterocycles. The van der Waals surface area contributed by atoms with Crippen molar-refractivity contribution in [2.24, 2.45) is 11.8 Å². The number of hydrogen-bond donors (Lipinski definition) is 1. The highest BCUT2D eigenvalue weighted by Crippen LogP contribution is 2.38. The number of ether oxygens (including phenoxy) is 1. The second-order valence-corrected chi connectivity index (χ2v) is 4.94. The predicted octanol–water partition coefficient (Wildman–Crippen LogP) is 1.54. The topological polar surface area (TPSA) is 38.3 Å². The first kappa shape index (κ1) is 11.2. The Hall–Kier alpha value is -0.280. The molecular weight excluding hydrogens is 214 g/mol. The SMILES string of the molecule is CC(CCl)C(=O)NC1CCOC1C1CC1. The number of nitrogens with one attached hydrogen (secondary N) is 1. The summed E-state index contributed by atoms with van der Waals surface area (Å²) in [5, 5.41) is 3.05. The summed E-state index contributed by atoms with van der Waals surface area (Å²) in [5.74, 6) is 1.02. The van der Waals surface area contributed by atoms with Gasteiger partial charge in [0, 0.05) is 18.4 Å². The number of amides is 1. The summed E-state index contributed by atoms with van der Waals surface area (Å²) in [5.41, 5.74) is 0. The van der Waals surface area contributed by atoms with Crippen LogP contribution in [0.15, 0.2) is 0 Å². The quantitative estimate of drug-likeness (QED) is 0.746. The van der Waals surface area contributed by atoms with Crippen LogP contribution in [0.2, 0.25) is 0 Å². The van der Waals surface area contributed by atoms with E-state index in [2.05, 4.69) is 5.32 Å². The molecular formula is C11H18ClNO2. The molecule has 1 aliphatic heterocycles. The molecule has 1 amide bonds. The lowest BCUT2D eigenvalue weighted by atomic mass is 10.1. The van der Waals surface area contributed by atoms with E-state index in [-0.39, 0.29) is 24.0 Å². The van der Waals surface area contributed by atoms with E-state index < -0.39 is 0 Å². The molecule has 86 valence electrons. The Morgan fingerprint density at radius 3 is 2.87 bits per heavy atom. The van der Waals surface area contributed by atoms with Gasteiger partial charge in [-0.15, -0.1) is 11.6 Å². The van der Waals surface area contributed by atoms with E-state index >= 15 is 0 Å². The van der Waals surface area contributed by atoms with Gasteiger partial charge in [0.15, 0.2) is 0 Å². The predicted molar refractivity (Wildman–Crippen MR) is 58.9 cm³/mol. The Balaban J connectivity index is 1.84. The molecule has 15 heavy (non-hydrogen) atoms. The van der Waals surface area contributed by atoms with Crippen LogP contribution in [0, 0.1) is 11.8 Å². The number of halogens is 1. The van der Waals surface area contributed by atoms with Gasteiger partial charge in [0.05, 0.1) is 12.1 Å². The van der Waals surface area contributed by atoms with Gasteiger partial charge in [-0.3, -0.25) is 4.79 Å². The van der Waals surface area contributed by atoms with E-state index in [4.69, 9.17) is 16.3 Å². The monoisotopic (exact) mass is 231 g/mol. The second-order valence-electron chi connectivity index (χ2n) is 4.63. The lowest BCUT2D eigenvalue weighted by Gasteiger charge is -2.20. The minimum atomic E-state index is -0.105. The Labute approximate surface area is 95.5 Å². The standard InChI is InChI=1S/C11H18ClNO2/c1-7(6-12)11(14)13-9-4-5-15-10(9)8-2-3-8/h7-10H,2-6H2,1H3,(H,13,14). The van der Waals surface area contributed by atoms with Gasteiger partial charge < -0.3 is 10.1 Å². The van der Waals surface area contributed by atoms with Crippen LogP contribution in [0.4, 0.5) is 0 Å². The van der Waals surface area contributed by atoms with Crippen molar-refractivity contribution in [3.8, 4) is 0 Å². The van der Waals surface area contributed by atoms with Crippen LogP contribution in [-0.2, 0) is 9.53 Å². The number of rotatable bonds is 4. The lowest BCUT2D eigenvalue weighted by molar-refractivity contribution is -0.125. The molecule has 0 aromatic heterocycles. The van der Waals surface area contributed by atoms with Gasteiger partial charge in [0.2, 0.25) is 5.91 Å². The third kappa shape index (κ3) is 2.64. The van der Waals surface area contributed by atoms with E-state index in [1.807, 2.05) is 6.92 Å². The fourth-order valence-corrected chi connectivity index (χ4v) is 2.19. The first-order valence-electron chi connectivity index (χ1n) is 5.70. The highest BCUT2D eigenvalue weighted by Gasteiger charge is 2.41. The second kappa shape index (κ2) is 4.71. The van der Waals surface area contributed by atoms with E-state index in [0.29, 0.717) is 11.8 Å². The summed E-state index contributed by atoms with van der Waals surface area (Å²) in [6.07, 6.45) is 3.71. The normalized spacial score (nSPS) is 32.7. The Morgan fingerprint density at radius 1 is 1.53 bits per heavy atom. The van der Waals surface area contributed by atoms with Crippen LogP contribution < -0.4 is 5.32 Å². The molecule has 0 radical (unpaired) electrons. The molecule has 0 spiro atoms. The molecule has 4 heteroatoms.